The monoisotopic (exact) mass is 259 g/mol. The largest absolute Gasteiger partial charge is 0.468 e. The van der Waals surface area contributed by atoms with Crippen molar-refractivity contribution in [2.45, 2.75) is 25.7 Å². The molecule has 17 heavy (non-hydrogen) atoms. The van der Waals surface area contributed by atoms with E-state index in [9.17, 15) is 4.79 Å². The Kier molecular flexibility index (Phi) is 7.54. The first-order chi connectivity index (χ1) is 7.65. The molecule has 0 saturated carbocycles. The first-order valence-electron chi connectivity index (χ1n) is 5.14. The van der Waals surface area contributed by atoms with Crippen LogP contribution in [0, 0.1) is 0 Å². The summed E-state index contributed by atoms with van der Waals surface area (Å²) in [6.07, 6.45) is -0.368. The Morgan fingerprint density at radius 1 is 1.35 bits per heavy atom. The third-order valence-electron chi connectivity index (χ3n) is 2.33. The Morgan fingerprint density at radius 3 is 2.47 bits per heavy atom. The standard InChI is InChI=1S/C12H17NO3.ClH/c1-9(11(13)12(14)15-2)16-8-10-6-4-3-5-7-10;/h3-7,9,11H,8,13H2,1-2H3;1H. The minimum absolute atomic E-state index is 0. The fourth-order valence-electron chi connectivity index (χ4n) is 1.23. The van der Waals surface area contributed by atoms with Crippen LogP contribution in [0.2, 0.25) is 0 Å². The van der Waals surface area contributed by atoms with E-state index in [1.807, 2.05) is 30.3 Å². The molecule has 0 radical (unpaired) electrons. The van der Waals surface area contributed by atoms with Crippen molar-refractivity contribution in [1.82, 2.24) is 0 Å². The third-order valence-corrected chi connectivity index (χ3v) is 2.33. The first-order valence-corrected chi connectivity index (χ1v) is 5.14. The van der Waals surface area contributed by atoms with Crippen LogP contribution in [0.15, 0.2) is 30.3 Å². The van der Waals surface area contributed by atoms with Gasteiger partial charge in [-0.1, -0.05) is 30.3 Å². The Bertz CT molecular complexity index is 332. The molecule has 0 heterocycles. The van der Waals surface area contributed by atoms with Crippen LogP contribution in [-0.4, -0.2) is 25.2 Å². The average molecular weight is 260 g/mol. The number of hydrogen-bond acceptors (Lipinski definition) is 4. The number of halogens is 1. The van der Waals surface area contributed by atoms with Crippen molar-refractivity contribution in [2.24, 2.45) is 5.73 Å². The van der Waals surface area contributed by atoms with E-state index in [4.69, 9.17) is 10.5 Å². The molecule has 0 saturated heterocycles. The number of nitrogens with two attached hydrogens (primary N) is 1. The van der Waals surface area contributed by atoms with Crippen LogP contribution in [-0.2, 0) is 20.9 Å². The van der Waals surface area contributed by atoms with Crippen LogP contribution in [0.3, 0.4) is 0 Å². The van der Waals surface area contributed by atoms with Gasteiger partial charge in [0.1, 0.15) is 6.04 Å². The average Bonchev–Trinajstić information content (AvgIpc) is 2.35. The molecule has 0 aromatic heterocycles. The van der Waals surface area contributed by atoms with Crippen molar-refractivity contribution in [3.63, 3.8) is 0 Å². The van der Waals surface area contributed by atoms with Crippen molar-refractivity contribution in [1.29, 1.82) is 0 Å². The molecule has 0 bridgehead atoms. The molecule has 0 aliphatic rings. The van der Waals surface area contributed by atoms with E-state index in [1.165, 1.54) is 7.11 Å². The molecule has 1 aromatic rings. The summed E-state index contributed by atoms with van der Waals surface area (Å²) in [6, 6.07) is 8.97. The van der Waals surface area contributed by atoms with Crippen LogP contribution in [0.1, 0.15) is 12.5 Å². The highest BCUT2D eigenvalue weighted by molar-refractivity contribution is 5.85. The van der Waals surface area contributed by atoms with Gasteiger partial charge in [-0.2, -0.15) is 0 Å². The minimum Gasteiger partial charge on any atom is -0.468 e. The van der Waals surface area contributed by atoms with Gasteiger partial charge in [-0.05, 0) is 12.5 Å². The maximum absolute atomic E-state index is 11.1. The van der Waals surface area contributed by atoms with Gasteiger partial charge in [0.25, 0.3) is 0 Å². The highest BCUT2D eigenvalue weighted by atomic mass is 35.5. The second-order valence-corrected chi connectivity index (χ2v) is 3.55. The first kappa shape index (κ1) is 15.9. The van der Waals surface area contributed by atoms with Crippen molar-refractivity contribution >= 4 is 18.4 Å². The fourth-order valence-corrected chi connectivity index (χ4v) is 1.23. The van der Waals surface area contributed by atoms with Gasteiger partial charge in [0.2, 0.25) is 0 Å². The highest BCUT2D eigenvalue weighted by Crippen LogP contribution is 2.05. The van der Waals surface area contributed by atoms with Crippen LogP contribution in [0.25, 0.3) is 0 Å². The Labute approximate surface area is 108 Å². The van der Waals surface area contributed by atoms with E-state index < -0.39 is 12.0 Å². The van der Waals surface area contributed by atoms with Gasteiger partial charge in [0.05, 0.1) is 19.8 Å². The second-order valence-electron chi connectivity index (χ2n) is 3.55. The predicted molar refractivity (Wildman–Crippen MR) is 67.9 cm³/mol. The zero-order valence-corrected chi connectivity index (χ0v) is 10.8. The SMILES string of the molecule is COC(=O)C(N)C(C)OCc1ccccc1.Cl. The van der Waals surface area contributed by atoms with Crippen molar-refractivity contribution < 1.29 is 14.3 Å². The van der Waals surface area contributed by atoms with E-state index in [0.717, 1.165) is 5.56 Å². The van der Waals surface area contributed by atoms with Gasteiger partial charge in [0, 0.05) is 0 Å². The second kappa shape index (κ2) is 8.06. The summed E-state index contributed by atoms with van der Waals surface area (Å²) in [7, 11) is 1.31. The molecule has 0 spiro atoms. The van der Waals surface area contributed by atoms with E-state index in [-0.39, 0.29) is 18.5 Å². The molecule has 1 aromatic carbocycles. The lowest BCUT2D eigenvalue weighted by atomic mass is 10.2. The highest BCUT2D eigenvalue weighted by Gasteiger charge is 2.21. The molecule has 0 amide bonds. The summed E-state index contributed by atoms with van der Waals surface area (Å²) in [4.78, 5) is 11.1. The van der Waals surface area contributed by atoms with Crippen LogP contribution in [0.4, 0.5) is 0 Å². The van der Waals surface area contributed by atoms with E-state index in [1.54, 1.807) is 6.92 Å². The van der Waals surface area contributed by atoms with Crippen LogP contribution < -0.4 is 5.73 Å². The molecular formula is C12H18ClNO3. The number of hydrogen-bond donors (Lipinski definition) is 1. The molecule has 4 nitrogen and oxygen atoms in total. The van der Waals surface area contributed by atoms with E-state index >= 15 is 0 Å². The number of rotatable bonds is 5. The lowest BCUT2D eigenvalue weighted by molar-refractivity contribution is -0.146. The van der Waals surface area contributed by atoms with Gasteiger partial charge in [-0.25, -0.2) is 0 Å². The number of methoxy groups -OCH3 is 1. The number of esters is 1. The van der Waals surface area contributed by atoms with Crippen molar-refractivity contribution in [3.05, 3.63) is 35.9 Å². The van der Waals surface area contributed by atoms with Crippen LogP contribution >= 0.6 is 12.4 Å². The fraction of sp³-hybridized carbons (Fsp3) is 0.417. The molecule has 0 aliphatic carbocycles. The summed E-state index contributed by atoms with van der Waals surface area (Å²) in [5.74, 6) is -0.458. The lowest BCUT2D eigenvalue weighted by Gasteiger charge is -2.18. The zero-order valence-electron chi connectivity index (χ0n) is 9.96. The molecule has 2 unspecified atom stereocenters. The van der Waals surface area contributed by atoms with E-state index in [0.29, 0.717) is 6.61 Å². The van der Waals surface area contributed by atoms with Gasteiger partial charge in [-0.3, -0.25) is 4.79 Å². The molecule has 1 rings (SSSR count). The summed E-state index contributed by atoms with van der Waals surface area (Å²) in [6.45, 7) is 2.19. The summed E-state index contributed by atoms with van der Waals surface area (Å²) in [5.41, 5.74) is 6.68. The number of carbonyl (C=O) groups is 1. The molecule has 2 N–H and O–H groups in total. The molecule has 0 fully saturated rings. The normalized spacial score (nSPS) is 13.4. The van der Waals surface area contributed by atoms with Crippen LogP contribution in [0.5, 0.6) is 0 Å². The third kappa shape index (κ3) is 5.17. The van der Waals surface area contributed by atoms with Crippen molar-refractivity contribution in [3.8, 4) is 0 Å². The lowest BCUT2D eigenvalue weighted by Crippen LogP contribution is -2.42. The van der Waals surface area contributed by atoms with Gasteiger partial charge >= 0.3 is 5.97 Å². The maximum Gasteiger partial charge on any atom is 0.325 e. The predicted octanol–water partition coefficient (Wildman–Crippen LogP) is 1.51. The Balaban J connectivity index is 0.00000256. The summed E-state index contributed by atoms with van der Waals surface area (Å²) in [5, 5.41) is 0. The number of ether oxygens (including phenoxy) is 2. The molecule has 5 heteroatoms. The zero-order chi connectivity index (χ0) is 12.0. The quantitative estimate of drug-likeness (QED) is 0.815. The number of benzene rings is 1. The van der Waals surface area contributed by atoms with Gasteiger partial charge in [-0.15, -0.1) is 12.4 Å². The summed E-state index contributed by atoms with van der Waals surface area (Å²) >= 11 is 0. The van der Waals surface area contributed by atoms with Gasteiger partial charge in [0.15, 0.2) is 0 Å². The Morgan fingerprint density at radius 2 is 1.94 bits per heavy atom. The molecule has 2 atom stereocenters. The maximum atomic E-state index is 11.1. The summed E-state index contributed by atoms with van der Waals surface area (Å²) < 4.78 is 10.0. The smallest absolute Gasteiger partial charge is 0.325 e. The van der Waals surface area contributed by atoms with Gasteiger partial charge < -0.3 is 15.2 Å². The molecular weight excluding hydrogens is 242 g/mol. The minimum atomic E-state index is -0.742. The Hall–Kier alpha value is -1.10. The number of carbonyl (C=O) groups excluding carboxylic acids is 1. The molecule has 0 aliphatic heterocycles. The van der Waals surface area contributed by atoms with Crippen molar-refractivity contribution in [2.75, 3.05) is 7.11 Å². The molecule has 96 valence electrons. The topological polar surface area (TPSA) is 61.5 Å². The van der Waals surface area contributed by atoms with E-state index in [2.05, 4.69) is 4.74 Å².